The minimum absolute atomic E-state index is 0.115. The number of amides is 2. The standard InChI is InChI=1S/C57H65N9O2Si/c1-37(2)56(67)60-29-13-27-58-34-50-44-15-11-12-16-45(44)51(35-59-28-14-30-61-57(68)38(3)4)49-31-43(23-24-46(49)50)66-36-52(62-63-66)39-17-19-40(20-18-39)55-47-25-21-41(64(5)6)32-53(47)69(9,10)54-33-42(65(7)8)22-26-48(54)55/h11-12,15-26,31-33,36,58-59H,1,3,13-14,27-30,34-35H2,2,4-10H3,(H-,60,61,67,68)/p+1. The van der Waals surface area contributed by atoms with Crippen LogP contribution in [-0.4, -0.2) is 99.5 Å². The molecule has 0 radical (unpaired) electrons. The third-order valence-corrected chi connectivity index (χ3v) is 16.9. The molecule has 0 fully saturated rings. The lowest BCUT2D eigenvalue weighted by molar-refractivity contribution is -0.462. The summed E-state index contributed by atoms with van der Waals surface area (Å²) in [6.07, 6.45) is 10.6. The topological polar surface area (TPSA) is 119 Å². The first kappa shape index (κ1) is 48.5. The van der Waals surface area contributed by atoms with Crippen LogP contribution in [0.5, 0.6) is 0 Å². The van der Waals surface area contributed by atoms with Crippen molar-refractivity contribution in [3.8, 4) is 16.9 Å². The van der Waals surface area contributed by atoms with Gasteiger partial charge in [-0.05, 0) is 135 Å². The second kappa shape index (κ2) is 20.7. The normalized spacial score (nSPS) is 13.8. The Labute approximate surface area is 408 Å². The highest BCUT2D eigenvalue weighted by atomic mass is 28.3. The number of rotatable bonds is 18. The first-order chi connectivity index (χ1) is 33.1. The quantitative estimate of drug-likeness (QED) is 0.0226. The van der Waals surface area contributed by atoms with E-state index in [0.717, 1.165) is 53.6 Å². The minimum atomic E-state index is -2.06. The minimum Gasteiger partial charge on any atom is -0.378 e. The molecular formula is C57H66N9O2Si+. The molecule has 0 atom stereocenters. The Morgan fingerprint density at radius 2 is 1.32 bits per heavy atom. The van der Waals surface area contributed by atoms with Crippen molar-refractivity contribution in [1.29, 1.82) is 0 Å². The Morgan fingerprint density at radius 3 is 1.91 bits per heavy atom. The molecule has 6 aromatic rings. The number of fused-ring (bicyclic) bond motifs is 4. The molecule has 11 nitrogen and oxygen atoms in total. The first-order valence-corrected chi connectivity index (χ1v) is 26.9. The van der Waals surface area contributed by atoms with Gasteiger partial charge in [0.1, 0.15) is 27.9 Å². The smallest absolute Gasteiger partial charge is 0.246 e. The van der Waals surface area contributed by atoms with Gasteiger partial charge in [-0.15, -0.1) is 5.10 Å². The van der Waals surface area contributed by atoms with Crippen LogP contribution in [0.25, 0.3) is 44.1 Å². The molecular weight excluding hydrogens is 871 g/mol. The van der Waals surface area contributed by atoms with E-state index in [-0.39, 0.29) is 11.8 Å². The molecule has 0 saturated heterocycles. The van der Waals surface area contributed by atoms with E-state index in [9.17, 15) is 9.59 Å². The van der Waals surface area contributed by atoms with Crippen LogP contribution in [0.1, 0.15) is 48.9 Å². The summed E-state index contributed by atoms with van der Waals surface area (Å²) < 4.78 is 4.07. The molecule has 2 heterocycles. The van der Waals surface area contributed by atoms with Gasteiger partial charge in [0.25, 0.3) is 0 Å². The molecule has 69 heavy (non-hydrogen) atoms. The molecule has 0 spiro atoms. The summed E-state index contributed by atoms with van der Waals surface area (Å²) in [5.41, 5.74) is 13.6. The Balaban J connectivity index is 1.11. The van der Waals surface area contributed by atoms with Crippen molar-refractivity contribution in [3.05, 3.63) is 167 Å². The average molecular weight is 937 g/mol. The molecule has 5 aromatic carbocycles. The average Bonchev–Trinajstić information content (AvgIpc) is 3.84. The van der Waals surface area contributed by atoms with Crippen molar-refractivity contribution < 1.29 is 14.2 Å². The van der Waals surface area contributed by atoms with Crippen molar-refractivity contribution in [3.63, 3.8) is 0 Å². The van der Waals surface area contributed by atoms with Crippen LogP contribution in [-0.2, 0) is 22.7 Å². The third-order valence-electron chi connectivity index (χ3n) is 13.4. The van der Waals surface area contributed by atoms with Crippen LogP contribution in [0.4, 0.5) is 5.69 Å². The van der Waals surface area contributed by atoms with Gasteiger partial charge < -0.3 is 26.2 Å². The summed E-state index contributed by atoms with van der Waals surface area (Å²) in [5.74, 6) is -0.233. The van der Waals surface area contributed by atoms with Crippen LogP contribution < -0.4 is 31.4 Å². The summed E-state index contributed by atoms with van der Waals surface area (Å²) in [5, 5.41) is 30.2. The van der Waals surface area contributed by atoms with E-state index in [4.69, 9.17) is 10.3 Å². The lowest BCUT2D eigenvalue weighted by atomic mass is 9.89. The van der Waals surface area contributed by atoms with Crippen molar-refractivity contribution in [2.24, 2.45) is 0 Å². The van der Waals surface area contributed by atoms with Crippen molar-refractivity contribution in [2.75, 3.05) is 59.3 Å². The Morgan fingerprint density at radius 1 is 0.725 bits per heavy atom. The van der Waals surface area contributed by atoms with Crippen LogP contribution in [0.3, 0.4) is 0 Å². The number of benzene rings is 5. The number of allylic oxidation sites excluding steroid dienone is 5. The van der Waals surface area contributed by atoms with Gasteiger partial charge in [-0.1, -0.05) is 92.1 Å². The van der Waals surface area contributed by atoms with Crippen LogP contribution >= 0.6 is 0 Å². The number of carbonyl (C=O) groups excluding carboxylic acids is 2. The number of hydrogen-bond acceptors (Lipinski definition) is 7. The fraction of sp³-hybridized carbons (Fsp3) is 0.281. The number of nitrogens with one attached hydrogen (secondary N) is 4. The van der Waals surface area contributed by atoms with Crippen LogP contribution in [0.15, 0.2) is 144 Å². The van der Waals surface area contributed by atoms with E-state index >= 15 is 0 Å². The molecule has 4 N–H and O–H groups in total. The van der Waals surface area contributed by atoms with Gasteiger partial charge in [-0.25, -0.2) is 9.26 Å². The molecule has 354 valence electrons. The van der Waals surface area contributed by atoms with E-state index < -0.39 is 8.07 Å². The van der Waals surface area contributed by atoms with E-state index in [1.54, 1.807) is 13.8 Å². The first-order valence-electron chi connectivity index (χ1n) is 23.9. The second-order valence-electron chi connectivity index (χ2n) is 19.2. The largest absolute Gasteiger partial charge is 0.378 e. The van der Waals surface area contributed by atoms with Crippen LogP contribution in [0, 0.1) is 0 Å². The van der Waals surface area contributed by atoms with E-state index in [0.29, 0.717) is 37.3 Å². The molecule has 12 heteroatoms. The lowest BCUT2D eigenvalue weighted by Crippen LogP contribution is -2.49. The van der Waals surface area contributed by atoms with Gasteiger partial charge in [0, 0.05) is 74.8 Å². The van der Waals surface area contributed by atoms with E-state index in [2.05, 4.69) is 188 Å². The molecule has 1 aliphatic carbocycles. The van der Waals surface area contributed by atoms with Crippen molar-refractivity contribution in [2.45, 2.75) is 52.9 Å². The van der Waals surface area contributed by atoms with E-state index in [1.165, 1.54) is 66.0 Å². The van der Waals surface area contributed by atoms with Gasteiger partial charge in [0.05, 0.1) is 11.9 Å². The zero-order valence-corrected chi connectivity index (χ0v) is 42.5. The Bertz CT molecular complexity index is 3130. The molecule has 8 rings (SSSR count). The monoisotopic (exact) mass is 937 g/mol. The SMILES string of the molecule is C=C(C)C(=O)NCCCNCc1c2ccccc2c(CNCCCNC(=O)C(=C)C)c2cc(-n3cc(-c4ccc(C5=C6C=CC(=[N+](C)C)C=C6[Si](C)(C)c6cc(N(C)C)ccc65)cc4)nn3)ccc12. The molecule has 1 aliphatic heterocycles. The lowest BCUT2D eigenvalue weighted by Gasteiger charge is -2.38. The number of aromatic nitrogens is 3. The third kappa shape index (κ3) is 10.2. The predicted molar refractivity (Wildman–Crippen MR) is 288 cm³/mol. The Kier molecular flexibility index (Phi) is 14.5. The van der Waals surface area contributed by atoms with Gasteiger partial charge >= 0.3 is 0 Å². The maximum Gasteiger partial charge on any atom is 0.246 e. The molecule has 2 aliphatic rings. The molecule has 0 unspecified atom stereocenters. The zero-order chi connectivity index (χ0) is 49.0. The summed E-state index contributed by atoms with van der Waals surface area (Å²) in [7, 11) is 6.40. The maximum absolute atomic E-state index is 12.1. The predicted octanol–water partition coefficient (Wildman–Crippen LogP) is 8.13. The zero-order valence-electron chi connectivity index (χ0n) is 41.5. The highest BCUT2D eigenvalue weighted by Gasteiger charge is 2.40. The van der Waals surface area contributed by atoms with Gasteiger partial charge in [0.15, 0.2) is 5.71 Å². The summed E-state index contributed by atoms with van der Waals surface area (Å²) >= 11 is 0. The number of carbonyl (C=O) groups is 2. The van der Waals surface area contributed by atoms with Gasteiger partial charge in [-0.3, -0.25) is 9.59 Å². The Hall–Kier alpha value is -6.99. The fourth-order valence-corrected chi connectivity index (χ4v) is 12.5. The number of nitrogens with zero attached hydrogens (tertiary/aromatic N) is 5. The van der Waals surface area contributed by atoms with Crippen LogP contribution in [0.2, 0.25) is 13.1 Å². The highest BCUT2D eigenvalue weighted by molar-refractivity contribution is 6.98. The van der Waals surface area contributed by atoms with Crippen molar-refractivity contribution in [1.82, 2.24) is 36.3 Å². The molecule has 1 aromatic heterocycles. The number of hydrogen-bond donors (Lipinski definition) is 4. The summed E-state index contributed by atoms with van der Waals surface area (Å²) in [6, 6.07) is 31.0. The van der Waals surface area contributed by atoms with Gasteiger partial charge in [-0.2, -0.15) is 0 Å². The second-order valence-corrected chi connectivity index (χ2v) is 23.6. The molecule has 0 saturated carbocycles. The molecule has 2 amide bonds. The van der Waals surface area contributed by atoms with Gasteiger partial charge in [0.2, 0.25) is 11.8 Å². The maximum atomic E-state index is 12.1. The summed E-state index contributed by atoms with van der Waals surface area (Å²) in [4.78, 5) is 26.3. The van der Waals surface area contributed by atoms with E-state index in [1.807, 2.05) is 10.9 Å². The van der Waals surface area contributed by atoms with Crippen molar-refractivity contribution >= 4 is 63.6 Å². The summed E-state index contributed by atoms with van der Waals surface area (Å²) in [6.45, 7) is 19.8. The molecule has 0 bridgehead atoms. The number of anilines is 1. The fourth-order valence-electron chi connectivity index (χ4n) is 9.45. The highest BCUT2D eigenvalue weighted by Crippen LogP contribution is 2.42.